The van der Waals surface area contributed by atoms with E-state index < -0.39 is 0 Å². The van der Waals surface area contributed by atoms with E-state index in [9.17, 15) is 4.79 Å². The van der Waals surface area contributed by atoms with Crippen LogP contribution in [-0.4, -0.2) is 16.1 Å². The molecule has 0 aliphatic carbocycles. The molecule has 0 bridgehead atoms. The maximum atomic E-state index is 12.4. The predicted molar refractivity (Wildman–Crippen MR) is 104 cm³/mol. The summed E-state index contributed by atoms with van der Waals surface area (Å²) in [7, 11) is 0. The predicted octanol–water partition coefficient (Wildman–Crippen LogP) is 4.93. The highest BCUT2D eigenvalue weighted by molar-refractivity contribution is 7.10. The Morgan fingerprint density at radius 2 is 1.92 bits per heavy atom. The quantitative estimate of drug-likeness (QED) is 0.699. The number of carbonyl (C=O) groups is 1. The highest BCUT2D eigenvalue weighted by Gasteiger charge is 2.17. The van der Waals surface area contributed by atoms with E-state index in [0.29, 0.717) is 6.42 Å². The second-order valence-electron chi connectivity index (χ2n) is 7.20. The van der Waals surface area contributed by atoms with Gasteiger partial charge >= 0.3 is 0 Å². The number of hydrogen-bond acceptors (Lipinski definition) is 3. The van der Waals surface area contributed by atoms with Gasteiger partial charge in [0.2, 0.25) is 5.91 Å². The summed E-state index contributed by atoms with van der Waals surface area (Å²) in [6.07, 6.45) is 0.380. The van der Waals surface area contributed by atoms with Crippen LogP contribution < -0.4 is 5.32 Å². The van der Waals surface area contributed by atoms with Crippen LogP contribution in [-0.2, 0) is 16.6 Å². The normalized spacial score (nSPS) is 11.5. The smallest absolute Gasteiger partial charge is 0.229 e. The van der Waals surface area contributed by atoms with Gasteiger partial charge in [-0.15, -0.1) is 11.3 Å². The molecule has 1 amide bonds. The first kappa shape index (κ1) is 17.4. The number of carbonyl (C=O) groups excluding carboxylic acids is 1. The van der Waals surface area contributed by atoms with Gasteiger partial charge in [0.25, 0.3) is 0 Å². The van der Waals surface area contributed by atoms with Crippen LogP contribution in [0.4, 0.5) is 5.69 Å². The second-order valence-corrected chi connectivity index (χ2v) is 8.24. The largest absolute Gasteiger partial charge is 0.322 e. The molecule has 0 saturated heterocycles. The molecule has 0 aliphatic rings. The third-order valence-corrected chi connectivity index (χ3v) is 5.03. The molecule has 4 nitrogen and oxygen atoms in total. The number of nitrogens with one attached hydrogen (secondary N) is 2. The van der Waals surface area contributed by atoms with E-state index in [1.165, 1.54) is 5.56 Å². The summed E-state index contributed by atoms with van der Waals surface area (Å²) in [5.41, 5.74) is 4.75. The van der Waals surface area contributed by atoms with Gasteiger partial charge in [-0.2, -0.15) is 5.10 Å². The highest BCUT2D eigenvalue weighted by Crippen LogP contribution is 2.31. The van der Waals surface area contributed by atoms with Gasteiger partial charge in [0.05, 0.1) is 17.8 Å². The number of rotatable bonds is 4. The third-order valence-electron chi connectivity index (χ3n) is 4.15. The Labute approximate surface area is 152 Å². The number of aromatic nitrogens is 2. The lowest BCUT2D eigenvalue weighted by Crippen LogP contribution is -2.14. The van der Waals surface area contributed by atoms with Crippen molar-refractivity contribution in [1.82, 2.24) is 10.2 Å². The van der Waals surface area contributed by atoms with Crippen molar-refractivity contribution in [3.8, 4) is 11.3 Å². The molecular formula is C20H23N3OS. The van der Waals surface area contributed by atoms with Crippen LogP contribution >= 0.6 is 11.3 Å². The van der Waals surface area contributed by atoms with Crippen LogP contribution in [0.15, 0.2) is 41.8 Å². The maximum Gasteiger partial charge on any atom is 0.229 e. The second kappa shape index (κ2) is 6.84. The number of thiophene rings is 1. The zero-order valence-corrected chi connectivity index (χ0v) is 15.8. The molecule has 0 atom stereocenters. The molecular weight excluding hydrogens is 330 g/mol. The summed E-state index contributed by atoms with van der Waals surface area (Å²) < 4.78 is 0. The summed E-state index contributed by atoms with van der Waals surface area (Å²) in [4.78, 5) is 13.4. The molecule has 25 heavy (non-hydrogen) atoms. The zero-order valence-electron chi connectivity index (χ0n) is 15.0. The van der Waals surface area contributed by atoms with Gasteiger partial charge in [0, 0.05) is 10.4 Å². The number of benzene rings is 1. The first-order valence-electron chi connectivity index (χ1n) is 8.32. The minimum absolute atomic E-state index is 0.0282. The molecule has 2 heterocycles. The standard InChI is InChI=1S/C20H23N3OS/c1-13-18(21-17(24)12-16-6-5-11-25-16)19(23-22-13)14-7-9-15(10-8-14)20(2,3)4/h5-11H,12H2,1-4H3,(H,21,24)(H,22,23). The van der Waals surface area contributed by atoms with Crippen LogP contribution in [0.3, 0.4) is 0 Å². The highest BCUT2D eigenvalue weighted by atomic mass is 32.1. The molecule has 0 unspecified atom stereocenters. The maximum absolute atomic E-state index is 12.4. The Kier molecular flexibility index (Phi) is 4.77. The molecule has 0 aliphatic heterocycles. The molecule has 0 radical (unpaired) electrons. The van der Waals surface area contributed by atoms with Crippen molar-refractivity contribution in [3.63, 3.8) is 0 Å². The van der Waals surface area contributed by atoms with Crippen molar-refractivity contribution in [1.29, 1.82) is 0 Å². The van der Waals surface area contributed by atoms with Gasteiger partial charge in [-0.25, -0.2) is 0 Å². The number of amides is 1. The summed E-state index contributed by atoms with van der Waals surface area (Å²) in [6, 6.07) is 12.3. The van der Waals surface area contributed by atoms with Crippen molar-refractivity contribution >= 4 is 22.9 Å². The zero-order chi connectivity index (χ0) is 18.0. The fourth-order valence-corrected chi connectivity index (χ4v) is 3.38. The molecule has 0 fully saturated rings. The summed E-state index contributed by atoms with van der Waals surface area (Å²) in [5, 5.41) is 12.4. The monoisotopic (exact) mass is 353 g/mol. The molecule has 0 spiro atoms. The molecule has 130 valence electrons. The fourth-order valence-electron chi connectivity index (χ4n) is 2.67. The number of anilines is 1. The Bertz CT molecular complexity index is 855. The van der Waals surface area contributed by atoms with Crippen LogP contribution in [0.2, 0.25) is 0 Å². The number of nitrogens with zero attached hydrogens (tertiary/aromatic N) is 1. The van der Waals surface area contributed by atoms with Crippen LogP contribution in [0, 0.1) is 6.92 Å². The van der Waals surface area contributed by atoms with E-state index in [0.717, 1.165) is 27.5 Å². The number of hydrogen-bond donors (Lipinski definition) is 2. The van der Waals surface area contributed by atoms with E-state index in [2.05, 4.69) is 60.6 Å². The van der Waals surface area contributed by atoms with Gasteiger partial charge in [-0.05, 0) is 29.3 Å². The lowest BCUT2D eigenvalue weighted by Gasteiger charge is -2.19. The minimum atomic E-state index is -0.0282. The summed E-state index contributed by atoms with van der Waals surface area (Å²) >= 11 is 1.59. The number of aromatic amines is 1. The third kappa shape index (κ3) is 3.99. The van der Waals surface area contributed by atoms with Gasteiger partial charge in [0.15, 0.2) is 0 Å². The summed E-state index contributed by atoms with van der Waals surface area (Å²) in [6.45, 7) is 8.49. The number of H-pyrrole nitrogens is 1. The Balaban J connectivity index is 1.83. The van der Waals surface area contributed by atoms with Crippen molar-refractivity contribution in [2.45, 2.75) is 39.5 Å². The Hall–Kier alpha value is -2.40. The van der Waals surface area contributed by atoms with Gasteiger partial charge < -0.3 is 5.32 Å². The van der Waals surface area contributed by atoms with Crippen molar-refractivity contribution in [2.75, 3.05) is 5.32 Å². The SMILES string of the molecule is Cc1[nH]nc(-c2ccc(C(C)(C)C)cc2)c1NC(=O)Cc1cccs1. The average molecular weight is 353 g/mol. The van der Waals surface area contributed by atoms with Crippen molar-refractivity contribution < 1.29 is 4.79 Å². The molecule has 1 aromatic carbocycles. The first-order chi connectivity index (χ1) is 11.8. The molecule has 2 N–H and O–H groups in total. The first-order valence-corrected chi connectivity index (χ1v) is 9.20. The lowest BCUT2D eigenvalue weighted by atomic mass is 9.86. The fraction of sp³-hybridized carbons (Fsp3) is 0.300. The number of aryl methyl sites for hydroxylation is 1. The molecule has 5 heteroatoms. The lowest BCUT2D eigenvalue weighted by molar-refractivity contribution is -0.115. The van der Waals surface area contributed by atoms with Crippen LogP contribution in [0.5, 0.6) is 0 Å². The van der Waals surface area contributed by atoms with Gasteiger partial charge in [-0.3, -0.25) is 9.89 Å². The van der Waals surface area contributed by atoms with Gasteiger partial charge in [-0.1, -0.05) is 51.1 Å². The van der Waals surface area contributed by atoms with Crippen LogP contribution in [0.1, 0.15) is 36.9 Å². The topological polar surface area (TPSA) is 57.8 Å². The molecule has 0 saturated carbocycles. The van der Waals surface area contributed by atoms with Gasteiger partial charge in [0.1, 0.15) is 5.69 Å². The molecule has 2 aromatic heterocycles. The van der Waals surface area contributed by atoms with Crippen molar-refractivity contribution in [2.24, 2.45) is 0 Å². The summed E-state index contributed by atoms with van der Waals surface area (Å²) in [5.74, 6) is -0.0282. The molecule has 3 rings (SSSR count). The van der Waals surface area contributed by atoms with E-state index in [4.69, 9.17) is 0 Å². The van der Waals surface area contributed by atoms with Crippen LogP contribution in [0.25, 0.3) is 11.3 Å². The molecule has 3 aromatic rings. The van der Waals surface area contributed by atoms with E-state index in [1.54, 1.807) is 11.3 Å². The van der Waals surface area contributed by atoms with Crippen molar-refractivity contribution in [3.05, 3.63) is 57.9 Å². The Morgan fingerprint density at radius 3 is 2.52 bits per heavy atom. The average Bonchev–Trinajstić information content (AvgIpc) is 3.18. The van der Waals surface area contributed by atoms with E-state index in [1.807, 2.05) is 24.4 Å². The minimum Gasteiger partial charge on any atom is -0.322 e. The Morgan fingerprint density at radius 1 is 1.20 bits per heavy atom. The van der Waals surface area contributed by atoms with E-state index in [-0.39, 0.29) is 11.3 Å². The van der Waals surface area contributed by atoms with E-state index >= 15 is 0 Å².